The lowest BCUT2D eigenvalue weighted by atomic mass is 10.4. The van der Waals surface area contributed by atoms with Gasteiger partial charge in [0.15, 0.2) is 5.96 Å². The summed E-state index contributed by atoms with van der Waals surface area (Å²) in [6.45, 7) is 4.46. The molecule has 0 saturated carbocycles. The average molecular weight is 475 g/mol. The maximum atomic E-state index is 11.6. The molecule has 0 aliphatic heterocycles. The fraction of sp³-hybridized carbons (Fsp3) is 0.867. The Morgan fingerprint density at radius 3 is 2.42 bits per heavy atom. The Hall–Kier alpha value is -0.260. The topological polar surface area (TPSA) is 69.2 Å². The number of carbonyl (C=O) groups is 1. The first kappa shape index (κ1) is 26.0. The van der Waals surface area contributed by atoms with Crippen molar-refractivity contribution in [1.82, 2.24) is 20.4 Å². The molecule has 0 aliphatic carbocycles. The molecule has 0 aromatic rings. The summed E-state index contributed by atoms with van der Waals surface area (Å²) in [5.74, 6) is 1.69. The second-order valence-electron chi connectivity index (χ2n) is 5.45. The molecule has 0 heterocycles. The number of nitrogens with zero attached hydrogens (tertiary/aromatic N) is 3. The molecule has 9 heteroatoms. The van der Waals surface area contributed by atoms with Crippen LogP contribution in [0.5, 0.6) is 0 Å². The SMILES string of the molecule is COCCCN(C)CCNC(=NCC(=O)N(C)C)NCCSC.I. The van der Waals surface area contributed by atoms with Crippen LogP contribution in [-0.2, 0) is 9.53 Å². The average Bonchev–Trinajstić information content (AvgIpc) is 2.52. The lowest BCUT2D eigenvalue weighted by Crippen LogP contribution is -2.42. The number of hydrogen-bond donors (Lipinski definition) is 2. The number of ether oxygens (including phenoxy) is 1. The van der Waals surface area contributed by atoms with E-state index in [1.165, 1.54) is 0 Å². The molecule has 0 rings (SSSR count). The van der Waals surface area contributed by atoms with E-state index in [2.05, 4.69) is 33.8 Å². The van der Waals surface area contributed by atoms with Gasteiger partial charge in [0.05, 0.1) is 0 Å². The van der Waals surface area contributed by atoms with Crippen LogP contribution in [0.3, 0.4) is 0 Å². The molecule has 144 valence electrons. The van der Waals surface area contributed by atoms with Crippen molar-refractivity contribution < 1.29 is 9.53 Å². The third-order valence-corrected chi connectivity index (χ3v) is 3.76. The number of carbonyl (C=O) groups excluding carboxylic acids is 1. The first-order chi connectivity index (χ1) is 11.0. The zero-order valence-corrected chi connectivity index (χ0v) is 18.8. The standard InChI is InChI=1S/C15H33N5O2S.HI/c1-19(2)14(21)13-18-15(17-8-12-23-5)16-7-10-20(3)9-6-11-22-4;/h6-13H2,1-5H3,(H2,16,17,18);1H. The minimum atomic E-state index is -0.00681. The van der Waals surface area contributed by atoms with Crippen LogP contribution in [0.25, 0.3) is 0 Å². The first-order valence-corrected chi connectivity index (χ1v) is 9.29. The van der Waals surface area contributed by atoms with E-state index >= 15 is 0 Å². The van der Waals surface area contributed by atoms with E-state index < -0.39 is 0 Å². The number of rotatable bonds is 12. The van der Waals surface area contributed by atoms with Crippen molar-refractivity contribution in [2.75, 3.05) is 79.6 Å². The monoisotopic (exact) mass is 475 g/mol. The molecule has 1 amide bonds. The molecule has 2 N–H and O–H groups in total. The molecule has 24 heavy (non-hydrogen) atoms. The van der Waals surface area contributed by atoms with E-state index in [-0.39, 0.29) is 36.4 Å². The highest BCUT2D eigenvalue weighted by atomic mass is 127. The van der Waals surface area contributed by atoms with Gasteiger partial charge in [-0.15, -0.1) is 24.0 Å². The molecule has 0 fully saturated rings. The normalized spacial score (nSPS) is 11.2. The molecule has 7 nitrogen and oxygen atoms in total. The number of guanidine groups is 1. The molecule has 0 bridgehead atoms. The van der Waals surface area contributed by atoms with Crippen LogP contribution in [0.1, 0.15) is 6.42 Å². The number of thioether (sulfide) groups is 1. The van der Waals surface area contributed by atoms with E-state index in [1.54, 1.807) is 37.9 Å². The predicted octanol–water partition coefficient (Wildman–Crippen LogP) is 0.559. The molecule has 0 radical (unpaired) electrons. The fourth-order valence-electron chi connectivity index (χ4n) is 1.69. The third-order valence-electron chi connectivity index (χ3n) is 3.14. The number of amides is 1. The van der Waals surface area contributed by atoms with Gasteiger partial charge < -0.3 is 25.2 Å². The Morgan fingerprint density at radius 2 is 1.83 bits per heavy atom. The largest absolute Gasteiger partial charge is 0.385 e. The van der Waals surface area contributed by atoms with Crippen molar-refractivity contribution >= 4 is 47.6 Å². The Kier molecular flexibility index (Phi) is 19.0. The molecule has 0 aromatic heterocycles. The summed E-state index contributed by atoms with van der Waals surface area (Å²) in [6.07, 6.45) is 3.09. The summed E-state index contributed by atoms with van der Waals surface area (Å²) in [5.41, 5.74) is 0. The number of halogens is 1. The van der Waals surface area contributed by atoms with Gasteiger partial charge in [-0.05, 0) is 19.7 Å². The highest BCUT2D eigenvalue weighted by Crippen LogP contribution is 1.89. The fourth-order valence-corrected chi connectivity index (χ4v) is 2.00. The van der Waals surface area contributed by atoms with Crippen molar-refractivity contribution in [3.63, 3.8) is 0 Å². The van der Waals surface area contributed by atoms with Gasteiger partial charge in [0.1, 0.15) is 6.54 Å². The molecular formula is C15H34IN5O2S. The van der Waals surface area contributed by atoms with Crippen LogP contribution in [0.2, 0.25) is 0 Å². The van der Waals surface area contributed by atoms with Crippen LogP contribution >= 0.6 is 35.7 Å². The minimum Gasteiger partial charge on any atom is -0.385 e. The van der Waals surface area contributed by atoms with E-state index in [0.717, 1.165) is 45.0 Å². The van der Waals surface area contributed by atoms with Crippen molar-refractivity contribution in [2.45, 2.75) is 6.42 Å². The smallest absolute Gasteiger partial charge is 0.243 e. The maximum absolute atomic E-state index is 11.6. The maximum Gasteiger partial charge on any atom is 0.243 e. The van der Waals surface area contributed by atoms with Gasteiger partial charge in [-0.2, -0.15) is 11.8 Å². The highest BCUT2D eigenvalue weighted by Gasteiger charge is 2.05. The Morgan fingerprint density at radius 1 is 1.17 bits per heavy atom. The summed E-state index contributed by atoms with van der Waals surface area (Å²) in [5, 5.41) is 6.53. The number of nitrogens with one attached hydrogen (secondary N) is 2. The zero-order chi connectivity index (χ0) is 17.5. The molecule has 0 saturated heterocycles. The van der Waals surface area contributed by atoms with Crippen LogP contribution in [0.15, 0.2) is 4.99 Å². The summed E-state index contributed by atoms with van der Waals surface area (Å²) in [6, 6.07) is 0. The Labute approximate surface area is 168 Å². The Bertz CT molecular complexity index is 346. The molecule has 0 spiro atoms. The van der Waals surface area contributed by atoms with Crippen LogP contribution in [-0.4, -0.2) is 101 Å². The number of methoxy groups -OCH3 is 1. The molecule has 0 unspecified atom stereocenters. The highest BCUT2D eigenvalue weighted by molar-refractivity contribution is 14.0. The van der Waals surface area contributed by atoms with Gasteiger partial charge in [-0.25, -0.2) is 4.99 Å². The first-order valence-electron chi connectivity index (χ1n) is 7.90. The second-order valence-corrected chi connectivity index (χ2v) is 6.43. The lowest BCUT2D eigenvalue weighted by Gasteiger charge is -2.18. The van der Waals surface area contributed by atoms with Gasteiger partial charge in [0.25, 0.3) is 0 Å². The summed E-state index contributed by atoms with van der Waals surface area (Å²) < 4.78 is 5.05. The van der Waals surface area contributed by atoms with Gasteiger partial charge in [-0.1, -0.05) is 0 Å². The van der Waals surface area contributed by atoms with Crippen molar-refractivity contribution in [2.24, 2.45) is 4.99 Å². The number of aliphatic imine (C=N–C) groups is 1. The Balaban J connectivity index is 0. The van der Waals surface area contributed by atoms with Crippen LogP contribution in [0, 0.1) is 0 Å². The quantitative estimate of drug-likeness (QED) is 0.186. The van der Waals surface area contributed by atoms with Gasteiger partial charge in [-0.3, -0.25) is 4.79 Å². The zero-order valence-electron chi connectivity index (χ0n) is 15.6. The van der Waals surface area contributed by atoms with Gasteiger partial charge in [0.2, 0.25) is 5.91 Å². The number of likely N-dealkylation sites (N-methyl/N-ethyl adjacent to an activating group) is 2. The predicted molar refractivity (Wildman–Crippen MR) is 115 cm³/mol. The van der Waals surface area contributed by atoms with Crippen molar-refractivity contribution in [1.29, 1.82) is 0 Å². The molecule has 0 aliphatic rings. The second kappa shape index (κ2) is 17.6. The van der Waals surface area contributed by atoms with E-state index in [1.807, 2.05) is 0 Å². The molecule has 0 aromatic carbocycles. The van der Waals surface area contributed by atoms with Crippen LogP contribution < -0.4 is 10.6 Å². The molecule has 0 atom stereocenters. The summed E-state index contributed by atoms with van der Waals surface area (Å²) in [4.78, 5) is 19.8. The number of hydrogen-bond acceptors (Lipinski definition) is 5. The van der Waals surface area contributed by atoms with E-state index in [4.69, 9.17) is 4.74 Å². The minimum absolute atomic E-state index is 0. The van der Waals surface area contributed by atoms with Gasteiger partial charge in [0, 0.05) is 59.7 Å². The summed E-state index contributed by atoms with van der Waals surface area (Å²) >= 11 is 1.77. The lowest BCUT2D eigenvalue weighted by molar-refractivity contribution is -0.127. The van der Waals surface area contributed by atoms with Crippen molar-refractivity contribution in [3.8, 4) is 0 Å². The van der Waals surface area contributed by atoms with Crippen molar-refractivity contribution in [3.05, 3.63) is 0 Å². The summed E-state index contributed by atoms with van der Waals surface area (Å²) in [7, 11) is 7.28. The van der Waals surface area contributed by atoms with E-state index in [0.29, 0.717) is 5.96 Å². The molecular weight excluding hydrogens is 441 g/mol. The van der Waals surface area contributed by atoms with E-state index in [9.17, 15) is 4.79 Å². The van der Waals surface area contributed by atoms with Crippen LogP contribution in [0.4, 0.5) is 0 Å². The van der Waals surface area contributed by atoms with Gasteiger partial charge >= 0.3 is 0 Å². The third kappa shape index (κ3) is 15.3.